The van der Waals surface area contributed by atoms with Crippen LogP contribution >= 0.6 is 0 Å². The van der Waals surface area contributed by atoms with Gasteiger partial charge in [0.15, 0.2) is 0 Å². The molecule has 0 aromatic heterocycles. The van der Waals surface area contributed by atoms with Crippen molar-refractivity contribution < 1.29 is 8.78 Å². The van der Waals surface area contributed by atoms with Crippen molar-refractivity contribution in [2.24, 2.45) is 5.92 Å². The smallest absolute Gasteiger partial charge is 0.207 e. The molecule has 0 unspecified atom stereocenters. The van der Waals surface area contributed by atoms with Crippen molar-refractivity contribution in [2.45, 2.75) is 25.7 Å². The molecule has 2 heteroatoms. The van der Waals surface area contributed by atoms with Crippen LogP contribution in [0.15, 0.2) is 0 Å². The Morgan fingerprint density at radius 3 is 2.14 bits per heavy atom. The van der Waals surface area contributed by atoms with E-state index in [-0.39, 0.29) is 12.3 Å². The van der Waals surface area contributed by atoms with Gasteiger partial charge >= 0.3 is 0 Å². The Balaban J connectivity index is 2.30. The molecule has 0 nitrogen and oxygen atoms in total. The molecular formula is C5H8F2. The Kier molecular flexibility index (Phi) is 0.839. The van der Waals surface area contributed by atoms with E-state index < -0.39 is 5.92 Å². The van der Waals surface area contributed by atoms with Gasteiger partial charge < -0.3 is 0 Å². The van der Waals surface area contributed by atoms with E-state index in [0.717, 1.165) is 0 Å². The van der Waals surface area contributed by atoms with Crippen molar-refractivity contribution in [1.29, 1.82) is 0 Å². The highest BCUT2D eigenvalue weighted by Gasteiger charge is 2.55. The first-order valence-electron chi connectivity index (χ1n) is 2.54. The van der Waals surface area contributed by atoms with Crippen molar-refractivity contribution in [3.63, 3.8) is 0 Å². The average molecular weight is 106 g/mol. The lowest BCUT2D eigenvalue weighted by Crippen LogP contribution is -1.90. The van der Waals surface area contributed by atoms with Crippen LogP contribution < -0.4 is 0 Å². The minimum absolute atomic E-state index is 0.128. The zero-order chi connectivity index (χ0) is 5.49. The van der Waals surface area contributed by atoms with Crippen LogP contribution in [0.5, 0.6) is 0 Å². The van der Waals surface area contributed by atoms with Gasteiger partial charge in [-0.1, -0.05) is 6.92 Å². The molecule has 42 valence electrons. The van der Waals surface area contributed by atoms with Gasteiger partial charge in [-0.3, -0.25) is 0 Å². The Morgan fingerprint density at radius 2 is 2.14 bits per heavy atom. The molecule has 0 radical (unpaired) electrons. The third-order valence-electron chi connectivity index (χ3n) is 1.45. The molecule has 1 saturated carbocycles. The van der Waals surface area contributed by atoms with Crippen LogP contribution in [0.2, 0.25) is 0 Å². The summed E-state index contributed by atoms with van der Waals surface area (Å²) < 4.78 is 23.6. The summed E-state index contributed by atoms with van der Waals surface area (Å²) in [5.41, 5.74) is 0. The van der Waals surface area contributed by atoms with Crippen LogP contribution in [0.25, 0.3) is 0 Å². The summed E-state index contributed by atoms with van der Waals surface area (Å²) in [6, 6.07) is 0. The molecule has 1 aliphatic rings. The zero-order valence-electron chi connectivity index (χ0n) is 4.25. The Hall–Kier alpha value is -0.140. The topological polar surface area (TPSA) is 0 Å². The predicted octanol–water partition coefficient (Wildman–Crippen LogP) is 2.05. The van der Waals surface area contributed by atoms with Gasteiger partial charge in [-0.05, 0) is 6.42 Å². The first kappa shape index (κ1) is 5.01. The monoisotopic (exact) mass is 106 g/mol. The molecule has 0 heterocycles. The molecule has 7 heavy (non-hydrogen) atoms. The van der Waals surface area contributed by atoms with E-state index in [1.807, 2.05) is 0 Å². The van der Waals surface area contributed by atoms with E-state index in [2.05, 4.69) is 0 Å². The summed E-state index contributed by atoms with van der Waals surface area (Å²) in [6.07, 6.45) is 0.760. The Bertz CT molecular complexity index is 78.1. The number of hydrogen-bond donors (Lipinski definition) is 0. The fourth-order valence-electron chi connectivity index (χ4n) is 0.713. The van der Waals surface area contributed by atoms with Gasteiger partial charge in [-0.2, -0.15) is 0 Å². The quantitative estimate of drug-likeness (QED) is 0.480. The van der Waals surface area contributed by atoms with Crippen LogP contribution in [0.3, 0.4) is 0 Å². The molecule has 0 saturated heterocycles. The van der Waals surface area contributed by atoms with Crippen LogP contribution in [0, 0.1) is 5.92 Å². The maximum absolute atomic E-state index is 11.8. The molecule has 1 fully saturated rings. The third kappa shape index (κ3) is 0.740. The summed E-state index contributed by atoms with van der Waals surface area (Å²) in [4.78, 5) is 0. The van der Waals surface area contributed by atoms with Crippen molar-refractivity contribution >= 4 is 0 Å². The first-order chi connectivity index (χ1) is 3.17. The molecular weight excluding hydrogens is 98.1 g/mol. The molecule has 0 spiro atoms. The lowest BCUT2D eigenvalue weighted by Gasteiger charge is -1.87. The number of rotatable bonds is 1. The molecule has 0 aliphatic heterocycles. The molecule has 0 N–H and O–H groups in total. The minimum atomic E-state index is -2.28. The van der Waals surface area contributed by atoms with E-state index in [1.165, 1.54) is 0 Å². The SMILES string of the molecule is CC[C@@H]1CC1(F)F. The summed E-state index contributed by atoms with van der Waals surface area (Å²) in [5.74, 6) is -2.57. The van der Waals surface area contributed by atoms with E-state index in [1.54, 1.807) is 6.92 Å². The maximum atomic E-state index is 11.8. The molecule has 0 aromatic rings. The highest BCUT2D eigenvalue weighted by atomic mass is 19.3. The largest absolute Gasteiger partial charge is 0.251 e. The third-order valence-corrected chi connectivity index (χ3v) is 1.45. The fourth-order valence-corrected chi connectivity index (χ4v) is 0.713. The summed E-state index contributed by atoms with van der Waals surface area (Å²) >= 11 is 0. The van der Waals surface area contributed by atoms with Crippen molar-refractivity contribution in [1.82, 2.24) is 0 Å². The summed E-state index contributed by atoms with van der Waals surface area (Å²) in [5, 5.41) is 0. The lowest BCUT2D eigenvalue weighted by atomic mass is 10.3. The van der Waals surface area contributed by atoms with Gasteiger partial charge in [0, 0.05) is 12.3 Å². The summed E-state index contributed by atoms with van der Waals surface area (Å²) in [7, 11) is 0. The van der Waals surface area contributed by atoms with E-state index >= 15 is 0 Å². The number of hydrogen-bond acceptors (Lipinski definition) is 0. The van der Waals surface area contributed by atoms with Crippen LogP contribution in [0.1, 0.15) is 19.8 Å². The van der Waals surface area contributed by atoms with Gasteiger partial charge in [0.05, 0.1) is 0 Å². The molecule has 0 amide bonds. The van der Waals surface area contributed by atoms with Crippen LogP contribution in [-0.4, -0.2) is 5.92 Å². The second kappa shape index (κ2) is 1.17. The molecule has 1 atom stereocenters. The van der Waals surface area contributed by atoms with Crippen molar-refractivity contribution in [3.05, 3.63) is 0 Å². The van der Waals surface area contributed by atoms with Crippen molar-refractivity contribution in [2.75, 3.05) is 0 Å². The second-order valence-corrected chi connectivity index (χ2v) is 2.07. The van der Waals surface area contributed by atoms with Gasteiger partial charge in [0.1, 0.15) is 0 Å². The Morgan fingerprint density at radius 1 is 1.71 bits per heavy atom. The molecule has 0 aromatic carbocycles. The zero-order valence-corrected chi connectivity index (χ0v) is 4.25. The minimum Gasteiger partial charge on any atom is -0.207 e. The predicted molar refractivity (Wildman–Crippen MR) is 23.3 cm³/mol. The van der Waals surface area contributed by atoms with Crippen LogP contribution in [0.4, 0.5) is 8.78 Å². The van der Waals surface area contributed by atoms with E-state index in [9.17, 15) is 8.78 Å². The van der Waals surface area contributed by atoms with E-state index in [0.29, 0.717) is 6.42 Å². The lowest BCUT2D eigenvalue weighted by molar-refractivity contribution is 0.0981. The average Bonchev–Trinajstić information content (AvgIpc) is 2.13. The van der Waals surface area contributed by atoms with Gasteiger partial charge in [-0.15, -0.1) is 0 Å². The van der Waals surface area contributed by atoms with Crippen LogP contribution in [-0.2, 0) is 0 Å². The normalized spacial score (nSPS) is 35.6. The van der Waals surface area contributed by atoms with Gasteiger partial charge in [-0.25, -0.2) is 8.78 Å². The van der Waals surface area contributed by atoms with Crippen molar-refractivity contribution in [3.8, 4) is 0 Å². The standard InChI is InChI=1S/C5H8F2/c1-2-4-3-5(4,6)7/h4H,2-3H2,1H3/t4-/m1/s1. The van der Waals surface area contributed by atoms with Gasteiger partial charge in [0.2, 0.25) is 0 Å². The fraction of sp³-hybridized carbons (Fsp3) is 1.00. The summed E-state index contributed by atoms with van der Waals surface area (Å²) in [6.45, 7) is 1.80. The maximum Gasteiger partial charge on any atom is 0.251 e. The molecule has 1 aliphatic carbocycles. The second-order valence-electron chi connectivity index (χ2n) is 2.07. The highest BCUT2D eigenvalue weighted by molar-refractivity contribution is 4.93. The van der Waals surface area contributed by atoms with Gasteiger partial charge in [0.25, 0.3) is 5.92 Å². The molecule has 1 rings (SSSR count). The highest BCUT2D eigenvalue weighted by Crippen LogP contribution is 2.50. The molecule has 0 bridgehead atoms. The van der Waals surface area contributed by atoms with E-state index in [4.69, 9.17) is 0 Å². The number of alkyl halides is 2. The number of halogens is 2. The Labute approximate surface area is 41.5 Å². The first-order valence-corrected chi connectivity index (χ1v) is 2.54.